The molecule has 0 aliphatic carbocycles. The average Bonchev–Trinajstić information content (AvgIpc) is 2.80. The molecule has 1 aromatic heterocycles. The summed E-state index contributed by atoms with van der Waals surface area (Å²) in [5, 5.41) is 8.80. The Balaban J connectivity index is 2.19. The smallest absolute Gasteiger partial charge is 0.276 e. The minimum absolute atomic E-state index is 0.0201. The molecule has 0 saturated carbocycles. The van der Waals surface area contributed by atoms with E-state index in [4.69, 9.17) is 33.2 Å². The number of hydrogen-bond donors (Lipinski definition) is 0. The normalized spacial score (nSPS) is 13.5. The van der Waals surface area contributed by atoms with Gasteiger partial charge in [0.05, 0.1) is 10.6 Å². The van der Waals surface area contributed by atoms with Crippen LogP contribution in [0.3, 0.4) is 0 Å². The number of benzene rings is 1. The van der Waals surface area contributed by atoms with Crippen LogP contribution in [0.15, 0.2) is 16.9 Å². The van der Waals surface area contributed by atoms with Gasteiger partial charge in [-0.3, -0.25) is 9.48 Å². The highest BCUT2D eigenvalue weighted by Gasteiger charge is 2.26. The van der Waals surface area contributed by atoms with E-state index in [-0.39, 0.29) is 39.2 Å². The molecular formula is C15H12Cl2FN3O2. The van der Waals surface area contributed by atoms with Gasteiger partial charge in [-0.2, -0.15) is 5.26 Å². The lowest BCUT2D eigenvalue weighted by Crippen LogP contribution is -2.27. The molecule has 0 amide bonds. The van der Waals surface area contributed by atoms with Crippen LogP contribution in [0.1, 0.15) is 12.8 Å². The molecule has 2 aromatic rings. The first-order valence-corrected chi connectivity index (χ1v) is 7.79. The number of nitriles is 1. The van der Waals surface area contributed by atoms with Crippen molar-refractivity contribution >= 4 is 23.2 Å². The van der Waals surface area contributed by atoms with E-state index in [9.17, 15) is 9.18 Å². The molecule has 0 bridgehead atoms. The van der Waals surface area contributed by atoms with Gasteiger partial charge in [-0.05, 0) is 25.0 Å². The van der Waals surface area contributed by atoms with Crippen molar-refractivity contribution in [3.63, 3.8) is 0 Å². The van der Waals surface area contributed by atoms with E-state index in [1.807, 2.05) is 0 Å². The van der Waals surface area contributed by atoms with Crippen LogP contribution in [0.2, 0.25) is 10.2 Å². The van der Waals surface area contributed by atoms with Gasteiger partial charge in [-0.15, -0.1) is 0 Å². The first-order chi connectivity index (χ1) is 11.1. The number of rotatable bonds is 3. The molecule has 0 spiro atoms. The summed E-state index contributed by atoms with van der Waals surface area (Å²) < 4.78 is 22.9. The predicted molar refractivity (Wildman–Crippen MR) is 84.4 cm³/mol. The molecule has 5 nitrogen and oxygen atoms in total. The van der Waals surface area contributed by atoms with Gasteiger partial charge in [-0.25, -0.2) is 9.07 Å². The van der Waals surface area contributed by atoms with E-state index < -0.39 is 5.82 Å². The third kappa shape index (κ3) is 2.60. The number of nitrogens with zero attached hydrogens (tertiary/aromatic N) is 3. The Morgan fingerprint density at radius 2 is 1.96 bits per heavy atom. The molecule has 1 aromatic carbocycles. The third-order valence-electron chi connectivity index (χ3n) is 3.76. The summed E-state index contributed by atoms with van der Waals surface area (Å²) in [6.07, 6.45) is 1.78. The first kappa shape index (κ1) is 15.9. The molecule has 0 N–H and O–H groups in total. The second-order valence-corrected chi connectivity index (χ2v) is 5.87. The van der Waals surface area contributed by atoms with Gasteiger partial charge in [0.2, 0.25) is 0 Å². The molecule has 0 unspecified atom stereocenters. The Hall–Kier alpha value is -1.97. The van der Waals surface area contributed by atoms with Crippen molar-refractivity contribution in [2.45, 2.75) is 25.9 Å². The van der Waals surface area contributed by atoms with Crippen LogP contribution in [0.4, 0.5) is 4.39 Å². The highest BCUT2D eigenvalue weighted by Crippen LogP contribution is 2.37. The van der Waals surface area contributed by atoms with E-state index >= 15 is 0 Å². The summed E-state index contributed by atoms with van der Waals surface area (Å²) in [4.78, 5) is 12.6. The topological polar surface area (TPSA) is 59.9 Å². The van der Waals surface area contributed by atoms with Crippen molar-refractivity contribution in [3.8, 4) is 22.9 Å². The van der Waals surface area contributed by atoms with Crippen molar-refractivity contribution in [1.29, 1.82) is 5.26 Å². The Morgan fingerprint density at radius 1 is 1.26 bits per heavy atom. The lowest BCUT2D eigenvalue weighted by molar-refractivity contribution is 0.347. The van der Waals surface area contributed by atoms with Crippen molar-refractivity contribution in [2.75, 3.05) is 6.61 Å². The largest absolute Gasteiger partial charge is 0.474 e. The summed E-state index contributed by atoms with van der Waals surface area (Å²) in [6, 6.07) is 4.56. The third-order valence-corrected chi connectivity index (χ3v) is 4.44. The molecule has 3 rings (SSSR count). The number of halogens is 3. The Morgan fingerprint density at radius 3 is 2.61 bits per heavy atom. The second-order valence-electron chi connectivity index (χ2n) is 5.11. The molecule has 0 saturated heterocycles. The number of hydrogen-bond acceptors (Lipinski definition) is 3. The minimum Gasteiger partial charge on any atom is -0.474 e. The van der Waals surface area contributed by atoms with Crippen molar-refractivity contribution in [2.24, 2.45) is 0 Å². The fraction of sp³-hybridized carbons (Fsp3) is 0.333. The van der Waals surface area contributed by atoms with Crippen LogP contribution in [0.25, 0.3) is 11.1 Å². The predicted octanol–water partition coefficient (Wildman–Crippen LogP) is 3.46. The molecule has 0 radical (unpaired) electrons. The van der Waals surface area contributed by atoms with E-state index in [0.29, 0.717) is 13.1 Å². The Labute approximate surface area is 141 Å². The molecular weight excluding hydrogens is 344 g/mol. The van der Waals surface area contributed by atoms with Crippen molar-refractivity contribution in [1.82, 2.24) is 9.36 Å². The van der Waals surface area contributed by atoms with Gasteiger partial charge < -0.3 is 4.74 Å². The Bertz CT molecular complexity index is 867. The quantitative estimate of drug-likeness (QED) is 0.846. The standard InChI is InChI=1S/C15H12Cl2FN3O2/c16-10-4-3-9(12(18)13(10)23-8-5-19)11-14(17)20-6-1-2-7-21(20)15(11)22/h3-4H,1-2,6-8H2. The van der Waals surface area contributed by atoms with Crippen LogP contribution >= 0.6 is 23.2 Å². The van der Waals surface area contributed by atoms with Gasteiger partial charge in [0.1, 0.15) is 11.2 Å². The summed E-state index contributed by atoms with van der Waals surface area (Å²) in [7, 11) is 0. The van der Waals surface area contributed by atoms with Crippen LogP contribution < -0.4 is 10.3 Å². The zero-order valence-corrected chi connectivity index (χ0v) is 13.5. The van der Waals surface area contributed by atoms with Crippen molar-refractivity contribution in [3.05, 3.63) is 38.5 Å². The maximum Gasteiger partial charge on any atom is 0.276 e. The van der Waals surface area contributed by atoms with Crippen LogP contribution in [-0.4, -0.2) is 16.0 Å². The van der Waals surface area contributed by atoms with Gasteiger partial charge in [-0.1, -0.05) is 23.2 Å². The second kappa shape index (κ2) is 6.26. The van der Waals surface area contributed by atoms with Crippen LogP contribution in [0, 0.1) is 17.1 Å². The molecule has 1 aliphatic heterocycles. The lowest BCUT2D eigenvalue weighted by atomic mass is 10.1. The first-order valence-electron chi connectivity index (χ1n) is 7.03. The monoisotopic (exact) mass is 355 g/mol. The zero-order chi connectivity index (χ0) is 16.6. The van der Waals surface area contributed by atoms with Gasteiger partial charge in [0.15, 0.2) is 18.2 Å². The highest BCUT2D eigenvalue weighted by atomic mass is 35.5. The fourth-order valence-corrected chi connectivity index (χ4v) is 3.27. The average molecular weight is 356 g/mol. The minimum atomic E-state index is -0.796. The number of ether oxygens (including phenoxy) is 1. The van der Waals surface area contributed by atoms with E-state index in [1.165, 1.54) is 16.8 Å². The fourth-order valence-electron chi connectivity index (χ4n) is 2.71. The highest BCUT2D eigenvalue weighted by molar-refractivity contribution is 6.33. The van der Waals surface area contributed by atoms with E-state index in [0.717, 1.165) is 12.8 Å². The van der Waals surface area contributed by atoms with Crippen LogP contribution in [-0.2, 0) is 13.1 Å². The summed E-state index contributed by atoms with van der Waals surface area (Å²) in [5.74, 6) is -1.05. The zero-order valence-electron chi connectivity index (χ0n) is 12.0. The van der Waals surface area contributed by atoms with E-state index in [1.54, 1.807) is 10.8 Å². The summed E-state index contributed by atoms with van der Waals surface area (Å²) in [5.41, 5.74) is -0.238. The molecule has 1 aliphatic rings. The molecule has 23 heavy (non-hydrogen) atoms. The SMILES string of the molecule is N#CCOc1c(Cl)ccc(-c2c(Cl)n3n(c2=O)CCCC3)c1F. The molecule has 2 heterocycles. The molecule has 120 valence electrons. The Kier molecular flexibility index (Phi) is 4.33. The number of aromatic nitrogens is 2. The maximum absolute atomic E-state index is 14.7. The molecule has 0 atom stereocenters. The lowest BCUT2D eigenvalue weighted by Gasteiger charge is -2.17. The van der Waals surface area contributed by atoms with Crippen molar-refractivity contribution < 1.29 is 9.13 Å². The van der Waals surface area contributed by atoms with Gasteiger partial charge >= 0.3 is 0 Å². The van der Waals surface area contributed by atoms with Crippen LogP contribution in [0.5, 0.6) is 5.75 Å². The van der Waals surface area contributed by atoms with Gasteiger partial charge in [0, 0.05) is 18.7 Å². The molecule has 8 heteroatoms. The molecule has 0 fully saturated rings. The summed E-state index contributed by atoms with van der Waals surface area (Å²) >= 11 is 12.2. The summed E-state index contributed by atoms with van der Waals surface area (Å²) in [6.45, 7) is 0.811. The van der Waals surface area contributed by atoms with E-state index in [2.05, 4.69) is 0 Å². The van der Waals surface area contributed by atoms with Gasteiger partial charge in [0.25, 0.3) is 5.56 Å². The number of fused-ring (bicyclic) bond motifs is 1. The maximum atomic E-state index is 14.7.